The second kappa shape index (κ2) is 13.2. The zero-order chi connectivity index (χ0) is 24.7. The molecule has 2 bridgehead atoms. The number of hydrogen-bond donors (Lipinski definition) is 0. The summed E-state index contributed by atoms with van der Waals surface area (Å²) in [4.78, 5) is 0. The summed E-state index contributed by atoms with van der Waals surface area (Å²) < 4.78 is 7.05. The van der Waals surface area contributed by atoms with Crippen molar-refractivity contribution in [2.45, 2.75) is 17.9 Å². The number of benzene rings is 3. The monoisotopic (exact) mass is 614 g/mol. The van der Waals surface area contributed by atoms with Crippen LogP contribution in [0.4, 0.5) is 0 Å². The van der Waals surface area contributed by atoms with Crippen molar-refractivity contribution in [1.29, 1.82) is 0 Å². The van der Waals surface area contributed by atoms with Crippen LogP contribution in [0.3, 0.4) is 0 Å². The zero-order valence-corrected chi connectivity index (χ0v) is 26.3. The molecule has 0 fully saturated rings. The van der Waals surface area contributed by atoms with E-state index in [1.165, 1.54) is 21.7 Å². The Morgan fingerprint density at radius 3 is 1.29 bits per heavy atom. The molecule has 5 rings (SSSR count). The van der Waals surface area contributed by atoms with Crippen LogP contribution in [0.1, 0.15) is 17.5 Å². The van der Waals surface area contributed by atoms with Crippen molar-refractivity contribution in [3.63, 3.8) is 0 Å². The Bertz CT molecular complexity index is 1110. The van der Waals surface area contributed by atoms with Gasteiger partial charge in [-0.1, -0.05) is 47.9 Å². The van der Waals surface area contributed by atoms with Crippen LogP contribution in [0.2, 0.25) is 0 Å². The van der Waals surface area contributed by atoms with Crippen molar-refractivity contribution in [1.82, 2.24) is 0 Å². The summed E-state index contributed by atoms with van der Waals surface area (Å²) in [6, 6.07) is 25.8. The van der Waals surface area contributed by atoms with Gasteiger partial charge in [-0.15, -0.1) is 45.5 Å². The van der Waals surface area contributed by atoms with E-state index in [9.17, 15) is 0 Å². The highest BCUT2D eigenvalue weighted by molar-refractivity contribution is 9.02. The van der Waals surface area contributed by atoms with Gasteiger partial charge in [0.1, 0.15) is 11.5 Å². The van der Waals surface area contributed by atoms with Crippen molar-refractivity contribution in [3.05, 3.63) is 83.9 Å². The first kappa shape index (κ1) is 28.0. The van der Waals surface area contributed by atoms with Gasteiger partial charge >= 0.3 is 0 Å². The Balaban J connectivity index is 1.58. The zero-order valence-electron chi connectivity index (χ0n) is 19.6. The molecular formula is C25H28O2P2S6. The largest absolute Gasteiger partial charge is 0.497 e. The fourth-order valence-corrected chi connectivity index (χ4v) is 21.9. The van der Waals surface area contributed by atoms with Crippen LogP contribution >= 0.6 is 54.4 Å². The first-order valence-electron chi connectivity index (χ1n) is 11.1. The third-order valence-corrected chi connectivity index (χ3v) is 27.8. The van der Waals surface area contributed by atoms with Crippen LogP contribution in [0.25, 0.3) is 0 Å². The van der Waals surface area contributed by atoms with Crippen LogP contribution in [0.15, 0.2) is 72.8 Å². The van der Waals surface area contributed by atoms with E-state index in [-0.39, 0.29) is 0 Å². The highest BCUT2D eigenvalue weighted by Crippen LogP contribution is 2.71. The SMILES string of the molecule is COc1ccc([P@@]2(=S)SCCCS[P@@](=S)(c3ccc(OC)cc3)SCc3ccc(cc3)CS2)cc1. The number of methoxy groups -OCH3 is 2. The molecule has 0 radical (unpaired) electrons. The molecule has 2 aliphatic heterocycles. The predicted molar refractivity (Wildman–Crippen MR) is 172 cm³/mol. The van der Waals surface area contributed by atoms with Crippen molar-refractivity contribution >= 4 is 88.6 Å². The molecule has 0 unspecified atom stereocenters. The fourth-order valence-electron chi connectivity index (χ4n) is 3.38. The lowest BCUT2D eigenvalue weighted by atomic mass is 10.2. The molecular weight excluding hydrogens is 587 g/mol. The van der Waals surface area contributed by atoms with Gasteiger partial charge in [0.15, 0.2) is 0 Å². The second-order valence-corrected chi connectivity index (χ2v) is 30.3. The molecule has 186 valence electrons. The molecule has 3 aromatic carbocycles. The lowest BCUT2D eigenvalue weighted by Gasteiger charge is -2.23. The number of ether oxygens (including phenoxy) is 2. The van der Waals surface area contributed by atoms with E-state index in [0.29, 0.717) is 0 Å². The molecule has 0 aromatic heterocycles. The summed E-state index contributed by atoms with van der Waals surface area (Å²) >= 11 is 20.6. The Kier molecular flexibility index (Phi) is 10.5. The average molecular weight is 615 g/mol. The minimum absolute atomic E-state index is 0.873. The summed E-state index contributed by atoms with van der Waals surface area (Å²) in [6.07, 6.45) is 1.10. The molecule has 2 nitrogen and oxygen atoms in total. The quantitative estimate of drug-likeness (QED) is 0.270. The molecule has 3 aromatic rings. The molecule has 0 aliphatic carbocycles. The van der Waals surface area contributed by atoms with Crippen LogP contribution in [-0.2, 0) is 35.1 Å². The van der Waals surface area contributed by atoms with Gasteiger partial charge in [-0.3, -0.25) is 0 Å². The van der Waals surface area contributed by atoms with Gasteiger partial charge in [0.25, 0.3) is 0 Å². The Labute approximate surface area is 235 Å². The molecule has 0 saturated heterocycles. The third kappa shape index (κ3) is 7.51. The lowest BCUT2D eigenvalue weighted by Crippen LogP contribution is -2.02. The maximum atomic E-state index is 6.37. The van der Waals surface area contributed by atoms with Crippen molar-refractivity contribution in [2.24, 2.45) is 0 Å². The van der Waals surface area contributed by atoms with Gasteiger partial charge < -0.3 is 9.47 Å². The molecule has 2 aliphatic rings. The van der Waals surface area contributed by atoms with Crippen molar-refractivity contribution in [2.75, 3.05) is 25.7 Å². The smallest absolute Gasteiger partial charge is 0.118 e. The average Bonchev–Trinajstić information content (AvgIpc) is 2.91. The molecule has 0 amide bonds. The van der Waals surface area contributed by atoms with Crippen LogP contribution in [0, 0.1) is 0 Å². The predicted octanol–water partition coefficient (Wildman–Crippen LogP) is 8.31. The topological polar surface area (TPSA) is 18.5 Å². The molecule has 0 spiro atoms. The Morgan fingerprint density at radius 1 is 0.571 bits per heavy atom. The highest BCUT2D eigenvalue weighted by atomic mass is 33.2. The van der Waals surface area contributed by atoms with Gasteiger partial charge in [-0.2, -0.15) is 0 Å². The maximum Gasteiger partial charge on any atom is 0.118 e. The van der Waals surface area contributed by atoms with E-state index in [0.717, 1.165) is 40.9 Å². The summed E-state index contributed by atoms with van der Waals surface area (Å²) in [6.45, 7) is 0. The summed E-state index contributed by atoms with van der Waals surface area (Å²) in [7, 11) is 3.41. The van der Waals surface area contributed by atoms with E-state index < -0.39 is 8.88 Å². The minimum Gasteiger partial charge on any atom is -0.497 e. The summed E-state index contributed by atoms with van der Waals surface area (Å²) in [5.41, 5.74) is 2.65. The van der Waals surface area contributed by atoms with E-state index in [4.69, 9.17) is 33.1 Å². The van der Waals surface area contributed by atoms with Crippen molar-refractivity contribution in [3.8, 4) is 11.5 Å². The Hall–Kier alpha value is -0.0400. The van der Waals surface area contributed by atoms with E-state index in [1.54, 1.807) is 14.2 Å². The maximum absolute atomic E-state index is 6.37. The number of fused-ring (bicyclic) bond motifs is 12. The summed E-state index contributed by atoms with van der Waals surface area (Å²) in [5, 5.41) is 2.52. The second-order valence-electron chi connectivity index (χ2n) is 7.77. The van der Waals surface area contributed by atoms with E-state index in [2.05, 4.69) is 48.5 Å². The van der Waals surface area contributed by atoms with E-state index >= 15 is 0 Å². The Morgan fingerprint density at radius 2 is 0.943 bits per heavy atom. The van der Waals surface area contributed by atoms with Crippen LogP contribution < -0.4 is 20.1 Å². The first-order chi connectivity index (χ1) is 16.9. The molecule has 35 heavy (non-hydrogen) atoms. The van der Waals surface area contributed by atoms with Gasteiger partial charge in [-0.05, 0) is 66.1 Å². The molecule has 2 heterocycles. The lowest BCUT2D eigenvalue weighted by molar-refractivity contribution is 0.415. The molecule has 10 heteroatoms. The molecule has 0 N–H and O–H groups in total. The normalized spacial score (nSPS) is 23.7. The fraction of sp³-hybridized carbons (Fsp3) is 0.280. The highest BCUT2D eigenvalue weighted by Gasteiger charge is 2.24. The number of rotatable bonds is 4. The first-order valence-corrected chi connectivity index (χ1v) is 23.1. The minimum atomic E-state index is -1.85. The molecule has 2 atom stereocenters. The third-order valence-electron chi connectivity index (χ3n) is 5.41. The van der Waals surface area contributed by atoms with Crippen LogP contribution in [0.5, 0.6) is 11.5 Å². The van der Waals surface area contributed by atoms with Crippen LogP contribution in [-0.4, -0.2) is 25.7 Å². The summed E-state index contributed by atoms with van der Waals surface area (Å²) in [5.74, 6) is 5.70. The number of hydrogen-bond acceptors (Lipinski definition) is 8. The van der Waals surface area contributed by atoms with Gasteiger partial charge in [0, 0.05) is 33.6 Å². The van der Waals surface area contributed by atoms with Crippen molar-refractivity contribution < 1.29 is 9.47 Å². The van der Waals surface area contributed by atoms with Gasteiger partial charge in [0.2, 0.25) is 0 Å². The van der Waals surface area contributed by atoms with Gasteiger partial charge in [-0.25, -0.2) is 0 Å². The standard InChI is InChI=1S/C25H28O2P2S6/c1-26-22-8-12-24(13-9-22)28(30)32-16-3-17-33-29(31,25-14-10-23(27-2)11-15-25)35-19-21-6-4-20(5-7-21)18-34-28/h4-15H,3,16-19H2,1-2H3/t28-,29+. The van der Waals surface area contributed by atoms with Gasteiger partial charge in [0.05, 0.1) is 23.1 Å². The van der Waals surface area contributed by atoms with E-state index in [1.807, 2.05) is 69.8 Å². The molecule has 0 saturated carbocycles.